The second-order valence-corrected chi connectivity index (χ2v) is 4.20. The quantitative estimate of drug-likeness (QED) is 0.787. The largest absolute Gasteiger partial charge is 0.408 e. The lowest BCUT2D eigenvalue weighted by Crippen LogP contribution is -2.11. The van der Waals surface area contributed by atoms with E-state index >= 15 is 0 Å². The summed E-state index contributed by atoms with van der Waals surface area (Å²) in [5, 5.41) is 11.5. The molecule has 0 aromatic carbocycles. The van der Waals surface area contributed by atoms with Gasteiger partial charge in [-0.3, -0.25) is 10.1 Å². The highest BCUT2D eigenvalue weighted by molar-refractivity contribution is 7.10. The van der Waals surface area contributed by atoms with Crippen molar-refractivity contribution in [2.75, 3.05) is 11.9 Å². The summed E-state index contributed by atoms with van der Waals surface area (Å²) in [7, 11) is 0. The minimum Gasteiger partial charge on any atom is -0.408 e. The molecule has 2 aromatic heterocycles. The number of hydrogen-bond acceptors (Lipinski definition) is 6. The van der Waals surface area contributed by atoms with Crippen LogP contribution in [0.5, 0.6) is 0 Å². The van der Waals surface area contributed by atoms with Crippen LogP contribution in [0.15, 0.2) is 15.9 Å². The topological polar surface area (TPSA) is 94.0 Å². The zero-order chi connectivity index (χ0) is 13.0. The second-order valence-electron chi connectivity index (χ2n) is 3.29. The highest BCUT2D eigenvalue weighted by Gasteiger charge is 2.11. The van der Waals surface area contributed by atoms with Crippen LogP contribution < -0.4 is 11.1 Å². The van der Waals surface area contributed by atoms with Crippen molar-refractivity contribution < 1.29 is 9.21 Å². The Morgan fingerprint density at radius 2 is 2.44 bits per heavy atom. The maximum Gasteiger partial charge on any atom is 0.322 e. The molecule has 1 amide bonds. The number of nitrogens with zero attached hydrogens (tertiary/aromatic N) is 2. The zero-order valence-corrected chi connectivity index (χ0v) is 10.4. The van der Waals surface area contributed by atoms with Crippen LogP contribution in [0.25, 0.3) is 0 Å². The predicted octanol–water partition coefficient (Wildman–Crippen LogP) is 1.00. The van der Waals surface area contributed by atoms with Gasteiger partial charge in [0.15, 0.2) is 0 Å². The summed E-state index contributed by atoms with van der Waals surface area (Å²) in [6, 6.07) is 1.77. The lowest BCUT2D eigenvalue weighted by atomic mass is 10.3. The first kappa shape index (κ1) is 12.3. The normalized spacial score (nSPS) is 9.67. The van der Waals surface area contributed by atoms with Gasteiger partial charge in [-0.2, -0.15) is 0 Å². The molecule has 0 bridgehead atoms. The van der Waals surface area contributed by atoms with Gasteiger partial charge in [0.1, 0.15) is 0 Å². The molecule has 2 rings (SSSR count). The van der Waals surface area contributed by atoms with Crippen molar-refractivity contribution in [1.29, 1.82) is 0 Å². The first-order chi connectivity index (χ1) is 8.69. The van der Waals surface area contributed by atoms with E-state index < -0.39 is 0 Å². The monoisotopic (exact) mass is 262 g/mol. The minimum absolute atomic E-state index is 0.0818. The van der Waals surface area contributed by atoms with E-state index in [4.69, 9.17) is 10.2 Å². The Morgan fingerprint density at radius 1 is 1.61 bits per heavy atom. The van der Waals surface area contributed by atoms with E-state index in [9.17, 15) is 4.79 Å². The standard InChI is InChI=1S/C11H10N4O2S/c1-7-14-15-11(17-7)13-10(16)8-5-9(18-6-8)3-2-4-12/h5-6H,4,12H2,1H3,(H,13,15,16). The van der Waals surface area contributed by atoms with E-state index in [1.165, 1.54) is 11.3 Å². The van der Waals surface area contributed by atoms with Crippen LogP contribution in [-0.2, 0) is 0 Å². The summed E-state index contributed by atoms with van der Waals surface area (Å²) >= 11 is 1.38. The predicted molar refractivity (Wildman–Crippen MR) is 67.2 cm³/mol. The third-order valence-electron chi connectivity index (χ3n) is 1.92. The van der Waals surface area contributed by atoms with Crippen molar-refractivity contribution in [3.63, 3.8) is 0 Å². The molecule has 0 atom stereocenters. The van der Waals surface area contributed by atoms with Gasteiger partial charge in [-0.25, -0.2) is 0 Å². The van der Waals surface area contributed by atoms with Gasteiger partial charge < -0.3 is 10.2 Å². The van der Waals surface area contributed by atoms with Gasteiger partial charge in [0.05, 0.1) is 17.0 Å². The number of aryl methyl sites for hydroxylation is 1. The van der Waals surface area contributed by atoms with Crippen LogP contribution in [0.3, 0.4) is 0 Å². The fourth-order valence-corrected chi connectivity index (χ4v) is 1.93. The minimum atomic E-state index is -0.310. The van der Waals surface area contributed by atoms with Crippen molar-refractivity contribution in [3.05, 3.63) is 27.8 Å². The molecular formula is C11H10N4O2S. The third kappa shape index (κ3) is 2.94. The number of anilines is 1. The van der Waals surface area contributed by atoms with Gasteiger partial charge in [0.2, 0.25) is 5.89 Å². The first-order valence-electron chi connectivity index (χ1n) is 5.08. The Kier molecular flexibility index (Phi) is 3.72. The van der Waals surface area contributed by atoms with Crippen molar-refractivity contribution in [3.8, 4) is 11.8 Å². The molecule has 0 fully saturated rings. The van der Waals surface area contributed by atoms with Crippen LogP contribution in [-0.4, -0.2) is 22.6 Å². The van der Waals surface area contributed by atoms with E-state index in [1.807, 2.05) is 0 Å². The van der Waals surface area contributed by atoms with Gasteiger partial charge in [-0.1, -0.05) is 16.9 Å². The average Bonchev–Trinajstić information content (AvgIpc) is 2.96. The van der Waals surface area contributed by atoms with Crippen LogP contribution in [0.2, 0.25) is 0 Å². The van der Waals surface area contributed by atoms with Gasteiger partial charge in [-0.05, 0) is 6.07 Å². The summed E-state index contributed by atoms with van der Waals surface area (Å²) in [5.41, 5.74) is 5.77. The number of aromatic nitrogens is 2. The molecule has 0 aliphatic carbocycles. The summed E-state index contributed by atoms with van der Waals surface area (Å²) in [6.07, 6.45) is 0. The van der Waals surface area contributed by atoms with Gasteiger partial charge in [0, 0.05) is 12.3 Å². The summed E-state index contributed by atoms with van der Waals surface area (Å²) < 4.78 is 5.05. The highest BCUT2D eigenvalue weighted by atomic mass is 32.1. The molecule has 0 radical (unpaired) electrons. The van der Waals surface area contributed by atoms with Crippen molar-refractivity contribution >= 4 is 23.3 Å². The Morgan fingerprint density at radius 3 is 3.11 bits per heavy atom. The van der Waals surface area contributed by atoms with Crippen LogP contribution >= 0.6 is 11.3 Å². The van der Waals surface area contributed by atoms with Crippen molar-refractivity contribution in [2.45, 2.75) is 6.92 Å². The molecule has 0 aliphatic heterocycles. The molecule has 0 unspecified atom stereocenters. The van der Waals surface area contributed by atoms with Crippen LogP contribution in [0.1, 0.15) is 21.1 Å². The Bertz CT molecular complexity index is 620. The average molecular weight is 262 g/mol. The Labute approximate surface area is 107 Å². The van der Waals surface area contributed by atoms with E-state index in [1.54, 1.807) is 18.4 Å². The number of hydrogen-bond donors (Lipinski definition) is 2. The molecular weight excluding hydrogens is 252 g/mol. The molecule has 0 saturated carbocycles. The summed E-state index contributed by atoms with van der Waals surface area (Å²) in [5.74, 6) is 5.67. The number of nitrogens with two attached hydrogens (primary N) is 1. The molecule has 7 heteroatoms. The number of nitrogens with one attached hydrogen (secondary N) is 1. The molecule has 2 aromatic rings. The second kappa shape index (κ2) is 5.44. The highest BCUT2D eigenvalue weighted by Crippen LogP contribution is 2.15. The van der Waals surface area contributed by atoms with E-state index in [0.29, 0.717) is 18.0 Å². The number of rotatable bonds is 2. The van der Waals surface area contributed by atoms with E-state index in [0.717, 1.165) is 4.88 Å². The number of carbonyl (C=O) groups is 1. The zero-order valence-electron chi connectivity index (χ0n) is 9.56. The van der Waals surface area contributed by atoms with Crippen molar-refractivity contribution in [1.82, 2.24) is 10.2 Å². The maximum atomic E-state index is 11.8. The maximum absolute atomic E-state index is 11.8. The number of carbonyl (C=O) groups excluding carboxylic acids is 1. The van der Waals surface area contributed by atoms with Gasteiger partial charge in [-0.15, -0.1) is 16.4 Å². The lowest BCUT2D eigenvalue weighted by molar-refractivity contribution is 0.102. The van der Waals surface area contributed by atoms with Gasteiger partial charge in [0.25, 0.3) is 5.91 Å². The summed E-state index contributed by atoms with van der Waals surface area (Å²) in [6.45, 7) is 1.94. The molecule has 6 nitrogen and oxygen atoms in total. The molecule has 2 heterocycles. The van der Waals surface area contributed by atoms with E-state index in [-0.39, 0.29) is 11.9 Å². The molecule has 18 heavy (non-hydrogen) atoms. The number of thiophene rings is 1. The smallest absolute Gasteiger partial charge is 0.322 e. The third-order valence-corrected chi connectivity index (χ3v) is 2.77. The lowest BCUT2D eigenvalue weighted by Gasteiger charge is -1.95. The molecule has 0 aliphatic rings. The van der Waals surface area contributed by atoms with Gasteiger partial charge >= 0.3 is 6.01 Å². The molecule has 0 saturated heterocycles. The fraction of sp³-hybridized carbons (Fsp3) is 0.182. The molecule has 0 spiro atoms. The molecule has 92 valence electrons. The Balaban J connectivity index is 2.07. The molecule has 3 N–H and O–H groups in total. The first-order valence-corrected chi connectivity index (χ1v) is 5.96. The van der Waals surface area contributed by atoms with Crippen molar-refractivity contribution in [2.24, 2.45) is 5.73 Å². The van der Waals surface area contributed by atoms with Crippen LogP contribution in [0.4, 0.5) is 6.01 Å². The Hall–Kier alpha value is -2.17. The van der Waals surface area contributed by atoms with Crippen LogP contribution in [0, 0.1) is 18.8 Å². The SMILES string of the molecule is Cc1nnc(NC(=O)c2csc(C#CCN)c2)o1. The number of amides is 1. The van der Waals surface area contributed by atoms with E-state index in [2.05, 4.69) is 27.4 Å². The summed E-state index contributed by atoms with van der Waals surface area (Å²) in [4.78, 5) is 12.6. The fourth-order valence-electron chi connectivity index (χ4n) is 1.18.